The third kappa shape index (κ3) is 3.48. The lowest BCUT2D eigenvalue weighted by Crippen LogP contribution is -2.56. The topological polar surface area (TPSA) is 70.5 Å². The maximum absolute atomic E-state index is 13.1. The molecule has 2 aliphatic rings. The fourth-order valence-electron chi connectivity index (χ4n) is 4.96. The van der Waals surface area contributed by atoms with E-state index in [1.54, 1.807) is 17.5 Å². The maximum Gasteiger partial charge on any atom is 0.239 e. The van der Waals surface area contributed by atoms with Crippen molar-refractivity contribution < 1.29 is 9.59 Å². The Kier molecular flexibility index (Phi) is 5.25. The summed E-state index contributed by atoms with van der Waals surface area (Å²) < 4.78 is 2.11. The molecule has 0 saturated carbocycles. The van der Waals surface area contributed by atoms with Crippen LogP contribution in [0.1, 0.15) is 31.5 Å². The predicted molar refractivity (Wildman–Crippen MR) is 125 cm³/mol. The summed E-state index contributed by atoms with van der Waals surface area (Å²) in [4.78, 5) is 34.7. The number of nitrogens with one attached hydrogen (secondary N) is 1. The Balaban J connectivity index is 1.51. The van der Waals surface area contributed by atoms with E-state index in [0.717, 1.165) is 29.2 Å². The van der Waals surface area contributed by atoms with E-state index in [1.807, 2.05) is 60.0 Å². The molecule has 1 spiro atoms. The quantitative estimate of drug-likeness (QED) is 0.650. The minimum absolute atomic E-state index is 0.0303. The van der Waals surface area contributed by atoms with Gasteiger partial charge in [-0.1, -0.05) is 0 Å². The molecule has 3 aromatic heterocycles. The van der Waals surface area contributed by atoms with Crippen LogP contribution >= 0.6 is 11.3 Å². The molecular weight excluding hydrogens is 422 g/mol. The third-order valence-electron chi connectivity index (χ3n) is 6.31. The highest BCUT2D eigenvalue weighted by Gasteiger charge is 2.51. The molecule has 5 heterocycles. The zero-order valence-electron chi connectivity index (χ0n) is 18.3. The standard InChI is InChI=1S/C24H27N5O2S/c1-17(2)26-21(30)14-29-19-5-3-9-25-23(19)28-10-4-6-20(28)24(29)8-11-27(16-24)22(31)13-18-7-12-32-15-18/h3-7,9-10,12,15,17H,8,11,13-14,16H2,1-2H3,(H,26,30)/t24-/m1/s1. The van der Waals surface area contributed by atoms with Crippen molar-refractivity contribution in [3.05, 3.63) is 64.7 Å². The highest BCUT2D eigenvalue weighted by atomic mass is 32.1. The number of nitrogens with zero attached hydrogens (tertiary/aromatic N) is 4. The molecule has 166 valence electrons. The Labute approximate surface area is 191 Å². The van der Waals surface area contributed by atoms with Gasteiger partial charge in [0.1, 0.15) is 5.54 Å². The van der Waals surface area contributed by atoms with Crippen molar-refractivity contribution in [1.82, 2.24) is 19.8 Å². The van der Waals surface area contributed by atoms with Crippen LogP contribution in [0.2, 0.25) is 0 Å². The molecule has 7 nitrogen and oxygen atoms in total. The molecule has 2 aliphatic heterocycles. The van der Waals surface area contributed by atoms with Crippen LogP contribution in [0.25, 0.3) is 5.82 Å². The average Bonchev–Trinajstić information content (AvgIpc) is 3.51. The second kappa shape index (κ2) is 8.09. The normalized spacial score (nSPS) is 19.3. The minimum atomic E-state index is -0.474. The summed E-state index contributed by atoms with van der Waals surface area (Å²) in [6, 6.07) is 10.1. The Hall–Kier alpha value is -3.13. The van der Waals surface area contributed by atoms with E-state index in [-0.39, 0.29) is 24.4 Å². The van der Waals surface area contributed by atoms with E-state index in [9.17, 15) is 9.59 Å². The number of rotatable bonds is 5. The maximum atomic E-state index is 13.1. The van der Waals surface area contributed by atoms with Crippen molar-refractivity contribution >= 4 is 28.8 Å². The van der Waals surface area contributed by atoms with Gasteiger partial charge in [0.15, 0.2) is 5.82 Å². The van der Waals surface area contributed by atoms with Gasteiger partial charge in [-0.3, -0.25) is 9.59 Å². The number of anilines is 1. The number of pyridine rings is 1. The van der Waals surface area contributed by atoms with Crippen molar-refractivity contribution in [3.63, 3.8) is 0 Å². The van der Waals surface area contributed by atoms with Crippen molar-refractivity contribution in [2.45, 2.75) is 38.3 Å². The lowest BCUT2D eigenvalue weighted by Gasteiger charge is -2.46. The van der Waals surface area contributed by atoms with E-state index < -0.39 is 5.54 Å². The number of carbonyl (C=O) groups excluding carboxylic acids is 2. The summed E-state index contributed by atoms with van der Waals surface area (Å²) in [6.45, 7) is 5.35. The van der Waals surface area contributed by atoms with Gasteiger partial charge in [-0.15, -0.1) is 0 Å². The van der Waals surface area contributed by atoms with Gasteiger partial charge in [-0.2, -0.15) is 11.3 Å². The van der Waals surface area contributed by atoms with Crippen LogP contribution in [0, 0.1) is 0 Å². The molecule has 1 fully saturated rings. The van der Waals surface area contributed by atoms with Gasteiger partial charge in [0, 0.05) is 31.5 Å². The Morgan fingerprint density at radius 1 is 1.25 bits per heavy atom. The van der Waals surface area contributed by atoms with Crippen molar-refractivity contribution in [2.24, 2.45) is 0 Å². The lowest BCUT2D eigenvalue weighted by atomic mass is 9.88. The zero-order valence-corrected chi connectivity index (χ0v) is 19.1. The first-order valence-corrected chi connectivity index (χ1v) is 11.9. The van der Waals surface area contributed by atoms with E-state index in [4.69, 9.17) is 0 Å². The summed E-state index contributed by atoms with van der Waals surface area (Å²) in [7, 11) is 0. The van der Waals surface area contributed by atoms with Gasteiger partial charge < -0.3 is 19.7 Å². The number of hydrogen-bond acceptors (Lipinski definition) is 5. The van der Waals surface area contributed by atoms with E-state index in [1.165, 1.54) is 0 Å². The molecule has 8 heteroatoms. The molecule has 0 bridgehead atoms. The van der Waals surface area contributed by atoms with E-state index in [2.05, 4.69) is 25.8 Å². The Morgan fingerprint density at radius 3 is 2.91 bits per heavy atom. The van der Waals surface area contributed by atoms with Crippen molar-refractivity contribution in [2.75, 3.05) is 24.5 Å². The molecule has 32 heavy (non-hydrogen) atoms. The van der Waals surface area contributed by atoms with Crippen LogP contribution in [0.3, 0.4) is 0 Å². The van der Waals surface area contributed by atoms with Gasteiger partial charge in [0.25, 0.3) is 0 Å². The second-order valence-electron chi connectivity index (χ2n) is 8.82. The monoisotopic (exact) mass is 449 g/mol. The molecule has 5 rings (SSSR count). The number of likely N-dealkylation sites (tertiary alicyclic amines) is 1. The van der Waals surface area contributed by atoms with E-state index in [0.29, 0.717) is 19.5 Å². The summed E-state index contributed by atoms with van der Waals surface area (Å²) >= 11 is 1.61. The first kappa shape index (κ1) is 20.8. The van der Waals surface area contributed by atoms with Gasteiger partial charge in [0.2, 0.25) is 11.8 Å². The highest BCUT2D eigenvalue weighted by Crippen LogP contribution is 2.46. The molecule has 1 atom stereocenters. The molecular formula is C24H27N5O2S. The summed E-state index contributed by atoms with van der Waals surface area (Å²) in [5.41, 5.74) is 2.57. The zero-order chi connectivity index (χ0) is 22.3. The lowest BCUT2D eigenvalue weighted by molar-refractivity contribution is -0.129. The summed E-state index contributed by atoms with van der Waals surface area (Å²) in [5, 5.41) is 7.05. The molecule has 3 aromatic rings. The van der Waals surface area contributed by atoms with Crippen LogP contribution in [0.15, 0.2) is 53.5 Å². The Morgan fingerprint density at radius 2 is 2.12 bits per heavy atom. The van der Waals surface area contributed by atoms with Crippen LogP contribution in [0.5, 0.6) is 0 Å². The number of amides is 2. The smallest absolute Gasteiger partial charge is 0.239 e. The van der Waals surface area contributed by atoms with Gasteiger partial charge in [0.05, 0.1) is 24.3 Å². The second-order valence-corrected chi connectivity index (χ2v) is 9.60. The third-order valence-corrected chi connectivity index (χ3v) is 7.05. The number of aromatic nitrogens is 2. The fraction of sp³-hybridized carbons (Fsp3) is 0.375. The van der Waals surface area contributed by atoms with Gasteiger partial charge in [-0.25, -0.2) is 4.98 Å². The minimum Gasteiger partial charge on any atom is -0.352 e. The summed E-state index contributed by atoms with van der Waals surface area (Å²) in [6.07, 6.45) is 4.96. The molecule has 1 N–H and O–H groups in total. The van der Waals surface area contributed by atoms with Gasteiger partial charge >= 0.3 is 0 Å². The van der Waals surface area contributed by atoms with Crippen LogP contribution in [0.4, 0.5) is 5.69 Å². The van der Waals surface area contributed by atoms with E-state index >= 15 is 0 Å². The number of hydrogen-bond donors (Lipinski definition) is 1. The van der Waals surface area contributed by atoms with Crippen molar-refractivity contribution in [3.8, 4) is 5.82 Å². The number of fused-ring (bicyclic) bond motifs is 4. The molecule has 1 saturated heterocycles. The highest BCUT2D eigenvalue weighted by molar-refractivity contribution is 7.08. The molecule has 0 aromatic carbocycles. The van der Waals surface area contributed by atoms with Crippen molar-refractivity contribution in [1.29, 1.82) is 0 Å². The molecule has 0 aliphatic carbocycles. The molecule has 2 amide bonds. The van der Waals surface area contributed by atoms with Gasteiger partial charge in [-0.05, 0) is 66.9 Å². The molecule has 0 radical (unpaired) electrons. The summed E-state index contributed by atoms with van der Waals surface area (Å²) in [5.74, 6) is 0.915. The molecule has 0 unspecified atom stereocenters. The Bertz CT molecular complexity index is 1140. The number of carbonyl (C=O) groups is 2. The fourth-order valence-corrected chi connectivity index (χ4v) is 5.63. The average molecular weight is 450 g/mol. The van der Waals surface area contributed by atoms with Crippen LogP contribution in [-0.4, -0.2) is 51.9 Å². The first-order chi connectivity index (χ1) is 15.5. The van der Waals surface area contributed by atoms with Crippen LogP contribution < -0.4 is 10.2 Å². The van der Waals surface area contributed by atoms with Crippen LogP contribution in [-0.2, 0) is 21.5 Å². The number of thiophene rings is 1. The largest absolute Gasteiger partial charge is 0.352 e. The first-order valence-electron chi connectivity index (χ1n) is 11.0. The SMILES string of the molecule is CC(C)NC(=O)CN1c2cccnc2-n2cccc2[C@]12CCN(C(=O)Cc1ccsc1)C2. The predicted octanol–water partition coefficient (Wildman–Crippen LogP) is 2.95.